The third kappa shape index (κ3) is 4.50. The highest BCUT2D eigenvalue weighted by Gasteiger charge is 2.31. The van der Waals surface area contributed by atoms with Crippen molar-refractivity contribution >= 4 is 0 Å². The summed E-state index contributed by atoms with van der Waals surface area (Å²) in [5.41, 5.74) is 1.23. The Bertz CT molecular complexity index is 371. The molecule has 3 heteroatoms. The molecule has 114 valence electrons. The molecule has 1 N–H and O–H groups in total. The third-order valence-electron chi connectivity index (χ3n) is 4.24. The number of hydrogen-bond donors (Lipinski definition) is 1. The van der Waals surface area contributed by atoms with Gasteiger partial charge in [-0.25, -0.2) is 0 Å². The van der Waals surface area contributed by atoms with Crippen LogP contribution in [0.4, 0.5) is 0 Å². The fourth-order valence-electron chi connectivity index (χ4n) is 2.51. The second-order valence-electron chi connectivity index (χ2n) is 5.37. The second kappa shape index (κ2) is 8.28. The van der Waals surface area contributed by atoms with Gasteiger partial charge in [0.1, 0.15) is 5.75 Å². The van der Waals surface area contributed by atoms with Crippen LogP contribution < -0.4 is 10.1 Å². The largest absolute Gasteiger partial charge is 0.497 e. The van der Waals surface area contributed by atoms with Crippen LogP contribution >= 0.6 is 0 Å². The number of methoxy groups -OCH3 is 2. The van der Waals surface area contributed by atoms with Crippen molar-refractivity contribution in [1.82, 2.24) is 5.32 Å². The number of hydrogen-bond acceptors (Lipinski definition) is 3. The van der Waals surface area contributed by atoms with Crippen LogP contribution in [-0.4, -0.2) is 32.4 Å². The van der Waals surface area contributed by atoms with E-state index < -0.39 is 0 Å². The fraction of sp³-hybridized carbons (Fsp3) is 0.647. The molecule has 3 nitrogen and oxygen atoms in total. The lowest BCUT2D eigenvalue weighted by Gasteiger charge is -2.36. The van der Waals surface area contributed by atoms with E-state index >= 15 is 0 Å². The van der Waals surface area contributed by atoms with Gasteiger partial charge < -0.3 is 14.8 Å². The highest BCUT2D eigenvalue weighted by molar-refractivity contribution is 5.27. The van der Waals surface area contributed by atoms with Crippen molar-refractivity contribution in [3.8, 4) is 5.75 Å². The van der Waals surface area contributed by atoms with E-state index in [4.69, 9.17) is 9.47 Å². The molecule has 20 heavy (non-hydrogen) atoms. The van der Waals surface area contributed by atoms with Gasteiger partial charge >= 0.3 is 0 Å². The van der Waals surface area contributed by atoms with Gasteiger partial charge in [0.2, 0.25) is 0 Å². The first-order valence-corrected chi connectivity index (χ1v) is 7.51. The van der Waals surface area contributed by atoms with Crippen LogP contribution in [0.25, 0.3) is 0 Å². The minimum absolute atomic E-state index is 0.109. The van der Waals surface area contributed by atoms with Crippen molar-refractivity contribution in [2.45, 2.75) is 51.7 Å². The molecule has 0 saturated carbocycles. The fourth-order valence-corrected chi connectivity index (χ4v) is 2.51. The van der Waals surface area contributed by atoms with Crippen LogP contribution in [0.1, 0.15) is 39.2 Å². The van der Waals surface area contributed by atoms with E-state index in [1.165, 1.54) is 5.56 Å². The SMILES string of the molecule is CCNC(CCc1ccc(OC)cc1)C(C)(CC)OC. The van der Waals surface area contributed by atoms with Crippen LogP contribution in [0.3, 0.4) is 0 Å². The predicted octanol–water partition coefficient (Wildman–Crippen LogP) is 3.42. The molecule has 0 aliphatic rings. The Labute approximate surface area is 123 Å². The maximum absolute atomic E-state index is 5.74. The summed E-state index contributed by atoms with van der Waals surface area (Å²) in [6.45, 7) is 7.48. The summed E-state index contributed by atoms with van der Waals surface area (Å²) in [7, 11) is 3.50. The summed E-state index contributed by atoms with van der Waals surface area (Å²) < 4.78 is 10.9. The molecule has 0 aliphatic carbocycles. The number of likely N-dealkylation sites (N-methyl/N-ethyl adjacent to an activating group) is 1. The molecule has 0 spiro atoms. The molecule has 0 radical (unpaired) electrons. The summed E-state index contributed by atoms with van der Waals surface area (Å²) in [6, 6.07) is 8.68. The zero-order valence-corrected chi connectivity index (χ0v) is 13.5. The molecule has 1 rings (SSSR count). The van der Waals surface area contributed by atoms with E-state index in [1.54, 1.807) is 14.2 Å². The van der Waals surface area contributed by atoms with Gasteiger partial charge in [0, 0.05) is 13.2 Å². The Kier molecular flexibility index (Phi) is 7.03. The molecule has 0 heterocycles. The monoisotopic (exact) mass is 279 g/mol. The lowest BCUT2D eigenvalue weighted by molar-refractivity contribution is -0.0305. The topological polar surface area (TPSA) is 30.5 Å². The van der Waals surface area contributed by atoms with E-state index in [0.717, 1.165) is 31.6 Å². The molecule has 2 unspecified atom stereocenters. The normalized spacial score (nSPS) is 15.7. The van der Waals surface area contributed by atoms with Crippen LogP contribution in [0.15, 0.2) is 24.3 Å². The predicted molar refractivity (Wildman–Crippen MR) is 84.5 cm³/mol. The summed E-state index contributed by atoms with van der Waals surface area (Å²) in [4.78, 5) is 0. The van der Waals surface area contributed by atoms with Crippen LogP contribution in [-0.2, 0) is 11.2 Å². The Balaban J connectivity index is 2.66. The van der Waals surface area contributed by atoms with Gasteiger partial charge in [-0.2, -0.15) is 0 Å². The Morgan fingerprint density at radius 2 is 1.80 bits per heavy atom. The van der Waals surface area contributed by atoms with Crippen molar-refractivity contribution < 1.29 is 9.47 Å². The number of benzene rings is 1. The maximum Gasteiger partial charge on any atom is 0.118 e. The van der Waals surface area contributed by atoms with Gasteiger partial charge in [0.05, 0.1) is 12.7 Å². The summed E-state index contributed by atoms with van der Waals surface area (Å²) in [6.07, 6.45) is 3.11. The minimum Gasteiger partial charge on any atom is -0.497 e. The number of aryl methyl sites for hydroxylation is 1. The molecule has 0 aliphatic heterocycles. The molecular weight excluding hydrogens is 250 g/mol. The zero-order valence-electron chi connectivity index (χ0n) is 13.5. The van der Waals surface area contributed by atoms with E-state index in [0.29, 0.717) is 6.04 Å². The molecule has 2 atom stereocenters. The van der Waals surface area contributed by atoms with E-state index in [-0.39, 0.29) is 5.60 Å². The van der Waals surface area contributed by atoms with Crippen molar-refractivity contribution in [2.24, 2.45) is 0 Å². The summed E-state index contributed by atoms with van der Waals surface area (Å²) >= 11 is 0. The lowest BCUT2D eigenvalue weighted by atomic mass is 9.88. The first-order chi connectivity index (χ1) is 9.59. The Hall–Kier alpha value is -1.06. The number of nitrogens with one attached hydrogen (secondary N) is 1. The van der Waals surface area contributed by atoms with Crippen LogP contribution in [0.2, 0.25) is 0 Å². The highest BCUT2D eigenvalue weighted by atomic mass is 16.5. The first-order valence-electron chi connectivity index (χ1n) is 7.51. The number of ether oxygens (including phenoxy) is 2. The molecule has 1 aromatic carbocycles. The maximum atomic E-state index is 5.74. The molecular formula is C17H29NO2. The quantitative estimate of drug-likeness (QED) is 0.751. The van der Waals surface area contributed by atoms with Crippen molar-refractivity contribution in [3.63, 3.8) is 0 Å². The molecule has 0 saturated heterocycles. The van der Waals surface area contributed by atoms with Gasteiger partial charge in [-0.05, 0) is 50.4 Å². The molecule has 0 aromatic heterocycles. The van der Waals surface area contributed by atoms with Crippen molar-refractivity contribution in [3.05, 3.63) is 29.8 Å². The molecule has 0 fully saturated rings. The lowest BCUT2D eigenvalue weighted by Crippen LogP contribution is -2.50. The van der Waals surface area contributed by atoms with E-state index in [2.05, 4.69) is 38.2 Å². The number of rotatable bonds is 9. The Morgan fingerprint density at radius 1 is 1.15 bits per heavy atom. The second-order valence-corrected chi connectivity index (χ2v) is 5.37. The molecule has 0 bridgehead atoms. The van der Waals surface area contributed by atoms with E-state index in [1.807, 2.05) is 12.1 Å². The third-order valence-corrected chi connectivity index (χ3v) is 4.24. The van der Waals surface area contributed by atoms with Gasteiger partial charge in [-0.15, -0.1) is 0 Å². The molecule has 0 amide bonds. The highest BCUT2D eigenvalue weighted by Crippen LogP contribution is 2.23. The smallest absolute Gasteiger partial charge is 0.118 e. The van der Waals surface area contributed by atoms with Crippen LogP contribution in [0.5, 0.6) is 5.75 Å². The summed E-state index contributed by atoms with van der Waals surface area (Å²) in [5.74, 6) is 0.910. The van der Waals surface area contributed by atoms with Crippen molar-refractivity contribution in [2.75, 3.05) is 20.8 Å². The molecule has 1 aromatic rings. The average Bonchev–Trinajstić information content (AvgIpc) is 2.51. The minimum atomic E-state index is -0.109. The first kappa shape index (κ1) is 17.0. The van der Waals surface area contributed by atoms with Crippen molar-refractivity contribution in [1.29, 1.82) is 0 Å². The van der Waals surface area contributed by atoms with Gasteiger partial charge in [-0.1, -0.05) is 26.0 Å². The van der Waals surface area contributed by atoms with Gasteiger partial charge in [-0.3, -0.25) is 0 Å². The Morgan fingerprint density at radius 3 is 2.25 bits per heavy atom. The standard InChI is InChI=1S/C17H29NO2/c1-6-17(3,20-5)16(18-7-2)13-10-14-8-11-15(19-4)12-9-14/h8-9,11-12,16,18H,6-7,10,13H2,1-5H3. The van der Waals surface area contributed by atoms with Gasteiger partial charge in [0.25, 0.3) is 0 Å². The summed E-state index contributed by atoms with van der Waals surface area (Å²) in [5, 5.41) is 3.57. The van der Waals surface area contributed by atoms with Crippen LogP contribution in [0, 0.1) is 0 Å². The zero-order chi connectivity index (χ0) is 15.0. The van der Waals surface area contributed by atoms with Gasteiger partial charge in [0.15, 0.2) is 0 Å². The average molecular weight is 279 g/mol. The van der Waals surface area contributed by atoms with E-state index in [9.17, 15) is 0 Å².